The highest BCUT2D eigenvalue weighted by molar-refractivity contribution is 5.74. The van der Waals surface area contributed by atoms with Gasteiger partial charge in [-0.05, 0) is 44.0 Å². The van der Waals surface area contributed by atoms with Gasteiger partial charge in [-0.25, -0.2) is 9.36 Å². The van der Waals surface area contributed by atoms with Gasteiger partial charge in [-0.1, -0.05) is 26.7 Å². The first kappa shape index (κ1) is 21.9. The van der Waals surface area contributed by atoms with Crippen LogP contribution in [0.25, 0.3) is 16.9 Å². The minimum Gasteiger partial charge on any atom is -0.497 e. The Balaban J connectivity index is 2.01. The van der Waals surface area contributed by atoms with E-state index >= 15 is 0 Å². The number of imidazole rings is 1. The van der Waals surface area contributed by atoms with Crippen molar-refractivity contribution >= 4 is 11.2 Å². The average Bonchev–Trinajstić information content (AvgIpc) is 3.00. The first-order chi connectivity index (χ1) is 14.5. The lowest BCUT2D eigenvalue weighted by Gasteiger charge is -2.17. The van der Waals surface area contributed by atoms with Crippen molar-refractivity contribution in [1.82, 2.24) is 19.4 Å². The molecule has 0 aliphatic rings. The van der Waals surface area contributed by atoms with Crippen LogP contribution >= 0.6 is 0 Å². The Bertz CT molecular complexity index is 1090. The van der Waals surface area contributed by atoms with Gasteiger partial charge in [0.25, 0.3) is 0 Å². The summed E-state index contributed by atoms with van der Waals surface area (Å²) < 4.78 is 8.37. The number of H-pyrrole nitrogens is 1. The topological polar surface area (TPSA) is 81.0 Å². The molecule has 2 N–H and O–H groups in total. The number of aromatic nitrogens is 3. The van der Waals surface area contributed by atoms with E-state index in [4.69, 9.17) is 4.74 Å². The number of methoxy groups -OCH3 is 1. The van der Waals surface area contributed by atoms with Crippen LogP contribution in [0.4, 0.5) is 0 Å². The van der Waals surface area contributed by atoms with E-state index in [1.807, 2.05) is 19.1 Å². The van der Waals surface area contributed by atoms with E-state index in [1.165, 1.54) is 0 Å². The Kier molecular flexibility index (Phi) is 7.15. The van der Waals surface area contributed by atoms with Crippen molar-refractivity contribution in [2.75, 3.05) is 13.7 Å². The third kappa shape index (κ3) is 4.51. The van der Waals surface area contributed by atoms with Crippen molar-refractivity contribution in [3.8, 4) is 11.4 Å². The van der Waals surface area contributed by atoms with Gasteiger partial charge in [-0.2, -0.15) is 0 Å². The summed E-state index contributed by atoms with van der Waals surface area (Å²) in [4.78, 5) is 29.3. The van der Waals surface area contributed by atoms with E-state index in [0.717, 1.165) is 31.4 Å². The second-order valence-corrected chi connectivity index (χ2v) is 7.71. The average molecular weight is 413 g/mol. The third-order valence-corrected chi connectivity index (χ3v) is 5.41. The molecule has 7 nitrogen and oxygen atoms in total. The second-order valence-electron chi connectivity index (χ2n) is 7.71. The van der Waals surface area contributed by atoms with Gasteiger partial charge < -0.3 is 15.0 Å². The van der Waals surface area contributed by atoms with Gasteiger partial charge in [-0.3, -0.25) is 9.36 Å². The highest BCUT2D eigenvalue weighted by atomic mass is 16.5. The largest absolute Gasteiger partial charge is 0.497 e. The molecule has 0 radical (unpaired) electrons. The smallest absolute Gasteiger partial charge is 0.335 e. The lowest BCUT2D eigenvalue weighted by molar-refractivity contribution is 0.414. The summed E-state index contributed by atoms with van der Waals surface area (Å²) in [7, 11) is 1.60. The lowest BCUT2D eigenvalue weighted by atomic mass is 10.1. The summed E-state index contributed by atoms with van der Waals surface area (Å²) in [5.74, 6) is 0.710. The molecule has 7 heteroatoms. The molecule has 2 aromatic heterocycles. The van der Waals surface area contributed by atoms with Crippen molar-refractivity contribution in [3.05, 3.63) is 56.7 Å². The predicted octanol–water partition coefficient (Wildman–Crippen LogP) is 3.36. The van der Waals surface area contributed by atoms with Crippen molar-refractivity contribution in [2.45, 2.75) is 59.0 Å². The van der Waals surface area contributed by atoms with Crippen LogP contribution in [-0.2, 0) is 6.54 Å². The Morgan fingerprint density at radius 2 is 1.77 bits per heavy atom. The number of aryl methyl sites for hydroxylation is 1. The molecule has 0 aliphatic heterocycles. The minimum absolute atomic E-state index is 0.149. The summed E-state index contributed by atoms with van der Waals surface area (Å²) in [5.41, 5.74) is 1.96. The van der Waals surface area contributed by atoms with Gasteiger partial charge in [0.1, 0.15) is 16.9 Å². The molecule has 30 heavy (non-hydrogen) atoms. The van der Waals surface area contributed by atoms with E-state index in [2.05, 4.69) is 24.1 Å². The van der Waals surface area contributed by atoms with E-state index < -0.39 is 0 Å². The summed E-state index contributed by atoms with van der Waals surface area (Å²) in [5, 5.41) is 3.56. The fourth-order valence-electron chi connectivity index (χ4n) is 4.00. The number of nitrogens with zero attached hydrogens (tertiary/aromatic N) is 2. The monoisotopic (exact) mass is 412 g/mol. The van der Waals surface area contributed by atoms with E-state index in [0.29, 0.717) is 41.7 Å². The molecule has 162 valence electrons. The molecule has 0 atom stereocenters. The van der Waals surface area contributed by atoms with Gasteiger partial charge in [0.2, 0.25) is 5.43 Å². The summed E-state index contributed by atoms with van der Waals surface area (Å²) in [6, 6.07) is 9.23. The number of hydrogen-bond acceptors (Lipinski definition) is 4. The molecule has 2 heterocycles. The first-order valence-corrected chi connectivity index (χ1v) is 10.7. The number of pyridine rings is 1. The lowest BCUT2D eigenvalue weighted by Crippen LogP contribution is -2.34. The van der Waals surface area contributed by atoms with Crippen LogP contribution in [0, 0.1) is 6.92 Å². The van der Waals surface area contributed by atoms with Crippen LogP contribution in [0.1, 0.15) is 45.2 Å². The highest BCUT2D eigenvalue weighted by Gasteiger charge is 2.18. The fraction of sp³-hybridized carbons (Fsp3) is 0.478. The molecule has 0 fully saturated rings. The maximum atomic E-state index is 13.3. The van der Waals surface area contributed by atoms with Crippen molar-refractivity contribution in [3.63, 3.8) is 0 Å². The Labute approximate surface area is 176 Å². The molecule has 0 aliphatic carbocycles. The standard InChI is InChI=1S/C23H32N4O3/c1-5-7-17(8-6-2)24-13-14-26-21-20(28)15-16(3)25-22(21)27(23(26)29)18-9-11-19(30-4)12-10-18/h9-12,15,17,24H,5-8,13-14H2,1-4H3,(H,25,28). The quantitative estimate of drug-likeness (QED) is 0.535. The normalized spacial score (nSPS) is 11.5. The number of ether oxygens (including phenoxy) is 1. The molecule has 0 amide bonds. The van der Waals surface area contributed by atoms with Crippen LogP contribution in [-0.4, -0.2) is 33.8 Å². The number of nitrogens with one attached hydrogen (secondary N) is 2. The molecule has 0 bridgehead atoms. The van der Waals surface area contributed by atoms with Crippen LogP contribution < -0.4 is 21.2 Å². The zero-order valence-corrected chi connectivity index (χ0v) is 18.3. The third-order valence-electron chi connectivity index (χ3n) is 5.41. The summed E-state index contributed by atoms with van der Waals surface area (Å²) >= 11 is 0. The zero-order chi connectivity index (χ0) is 21.7. The van der Waals surface area contributed by atoms with E-state index in [-0.39, 0.29) is 11.1 Å². The first-order valence-electron chi connectivity index (χ1n) is 10.7. The van der Waals surface area contributed by atoms with Gasteiger partial charge in [0, 0.05) is 30.9 Å². The molecule has 0 saturated heterocycles. The van der Waals surface area contributed by atoms with Crippen molar-refractivity contribution in [2.24, 2.45) is 0 Å². The number of fused-ring (bicyclic) bond motifs is 1. The Morgan fingerprint density at radius 1 is 1.10 bits per heavy atom. The van der Waals surface area contributed by atoms with Crippen molar-refractivity contribution in [1.29, 1.82) is 0 Å². The van der Waals surface area contributed by atoms with Crippen molar-refractivity contribution < 1.29 is 4.74 Å². The van der Waals surface area contributed by atoms with Crippen LogP contribution in [0.2, 0.25) is 0 Å². The fourth-order valence-corrected chi connectivity index (χ4v) is 4.00. The van der Waals surface area contributed by atoms with E-state index in [1.54, 1.807) is 34.4 Å². The maximum absolute atomic E-state index is 13.3. The summed E-state index contributed by atoms with van der Waals surface area (Å²) in [6.07, 6.45) is 4.45. The predicted molar refractivity (Wildman–Crippen MR) is 121 cm³/mol. The molecular weight excluding hydrogens is 380 g/mol. The van der Waals surface area contributed by atoms with Gasteiger partial charge in [0.05, 0.1) is 12.8 Å². The van der Waals surface area contributed by atoms with Crippen LogP contribution in [0.3, 0.4) is 0 Å². The molecule has 0 spiro atoms. The number of rotatable bonds is 10. The molecule has 3 aromatic rings. The van der Waals surface area contributed by atoms with E-state index in [9.17, 15) is 9.59 Å². The zero-order valence-electron chi connectivity index (χ0n) is 18.3. The molecule has 3 rings (SSSR count). The van der Waals surface area contributed by atoms with Gasteiger partial charge in [0.15, 0.2) is 0 Å². The SMILES string of the molecule is CCCC(CCC)NCCn1c(=O)n(-c2ccc(OC)cc2)c2[nH]c(C)cc(=O)c21. The Hall–Kier alpha value is -2.80. The number of hydrogen-bond donors (Lipinski definition) is 2. The van der Waals surface area contributed by atoms with Crippen LogP contribution in [0.5, 0.6) is 5.75 Å². The molecule has 1 aromatic carbocycles. The molecule has 0 unspecified atom stereocenters. The molecule has 0 saturated carbocycles. The minimum atomic E-state index is -0.224. The molecular formula is C23H32N4O3. The second kappa shape index (κ2) is 9.80. The number of aromatic amines is 1. The maximum Gasteiger partial charge on any atom is 0.335 e. The number of benzene rings is 1. The Morgan fingerprint density at radius 3 is 2.37 bits per heavy atom. The summed E-state index contributed by atoms with van der Waals surface area (Å²) in [6.45, 7) is 7.26. The van der Waals surface area contributed by atoms with Crippen LogP contribution in [0.15, 0.2) is 39.9 Å². The highest BCUT2D eigenvalue weighted by Crippen LogP contribution is 2.18. The van der Waals surface area contributed by atoms with Gasteiger partial charge >= 0.3 is 5.69 Å². The van der Waals surface area contributed by atoms with Gasteiger partial charge in [-0.15, -0.1) is 0 Å².